The molecule has 1 heterocycles. The number of carboxylic acids is 1. The van der Waals surface area contributed by atoms with Crippen LogP contribution in [0.3, 0.4) is 0 Å². The second-order valence-corrected chi connectivity index (χ2v) is 4.97. The van der Waals surface area contributed by atoms with Crippen LogP contribution in [0.15, 0.2) is 30.4 Å². The lowest BCUT2D eigenvalue weighted by Crippen LogP contribution is -2.41. The lowest BCUT2D eigenvalue weighted by Gasteiger charge is -2.35. The van der Waals surface area contributed by atoms with Gasteiger partial charge in [0.1, 0.15) is 11.8 Å². The van der Waals surface area contributed by atoms with E-state index < -0.39 is 12.0 Å². The first kappa shape index (κ1) is 12.1. The summed E-state index contributed by atoms with van der Waals surface area (Å²) < 4.78 is 5.60. The monoisotopic (exact) mass is 259 g/mol. The number of para-hydroxylation sites is 1. The summed E-state index contributed by atoms with van der Waals surface area (Å²) in [5.74, 6) is 0.222. The molecule has 3 atom stereocenters. The lowest BCUT2D eigenvalue weighted by molar-refractivity contribution is -0.139. The fourth-order valence-electron chi connectivity index (χ4n) is 3.11. The van der Waals surface area contributed by atoms with E-state index in [1.807, 2.05) is 19.1 Å². The van der Waals surface area contributed by atoms with E-state index in [1.54, 1.807) is 0 Å². The highest BCUT2D eigenvalue weighted by Crippen LogP contribution is 2.47. The first-order valence-corrected chi connectivity index (χ1v) is 6.64. The topological polar surface area (TPSA) is 58.6 Å². The van der Waals surface area contributed by atoms with Gasteiger partial charge in [-0.05, 0) is 25.0 Å². The standard InChI is InChI=1S/C15H17NO3/c1-2-19-12-8-4-7-10-9-5-3-6-11(9)14(15(17)18)16-13(10)12/h3-5,7-9,11,14,16H,2,6H2,1H3,(H,17,18). The molecule has 1 aromatic carbocycles. The second kappa shape index (κ2) is 4.61. The first-order chi connectivity index (χ1) is 9.22. The smallest absolute Gasteiger partial charge is 0.326 e. The fraction of sp³-hybridized carbons (Fsp3) is 0.400. The number of carboxylic acid groups (broad SMARTS) is 1. The van der Waals surface area contributed by atoms with Crippen molar-refractivity contribution >= 4 is 11.7 Å². The highest BCUT2D eigenvalue weighted by atomic mass is 16.5. The molecule has 0 radical (unpaired) electrons. The zero-order valence-corrected chi connectivity index (χ0v) is 10.8. The van der Waals surface area contributed by atoms with Crippen molar-refractivity contribution in [2.45, 2.75) is 25.3 Å². The molecule has 0 fully saturated rings. The summed E-state index contributed by atoms with van der Waals surface area (Å²) in [6, 6.07) is 5.35. The normalized spacial score (nSPS) is 27.3. The van der Waals surface area contributed by atoms with Crippen LogP contribution in [0.25, 0.3) is 0 Å². The molecule has 2 N–H and O–H groups in total. The molecular weight excluding hydrogens is 242 g/mol. The maximum Gasteiger partial charge on any atom is 0.326 e. The number of benzene rings is 1. The van der Waals surface area contributed by atoms with Gasteiger partial charge in [0.15, 0.2) is 0 Å². The minimum Gasteiger partial charge on any atom is -0.492 e. The van der Waals surface area contributed by atoms with Crippen LogP contribution in [0.2, 0.25) is 0 Å². The highest BCUT2D eigenvalue weighted by molar-refractivity contribution is 5.82. The molecule has 4 nitrogen and oxygen atoms in total. The Bertz CT molecular complexity index is 538. The summed E-state index contributed by atoms with van der Waals surface area (Å²) >= 11 is 0. The maximum absolute atomic E-state index is 11.4. The third kappa shape index (κ3) is 1.87. The number of carbonyl (C=O) groups is 1. The molecule has 3 rings (SSSR count). The molecule has 1 aliphatic carbocycles. The molecule has 100 valence electrons. The molecule has 4 heteroatoms. The van der Waals surface area contributed by atoms with Crippen LogP contribution in [0, 0.1) is 5.92 Å². The summed E-state index contributed by atoms with van der Waals surface area (Å²) in [7, 11) is 0. The van der Waals surface area contributed by atoms with Crippen LogP contribution in [0.4, 0.5) is 5.69 Å². The van der Waals surface area contributed by atoms with Gasteiger partial charge in [0, 0.05) is 11.8 Å². The number of nitrogens with one attached hydrogen (secondary N) is 1. The minimum atomic E-state index is -0.796. The van der Waals surface area contributed by atoms with E-state index in [0.29, 0.717) is 6.61 Å². The zero-order chi connectivity index (χ0) is 13.4. The van der Waals surface area contributed by atoms with E-state index >= 15 is 0 Å². The largest absolute Gasteiger partial charge is 0.492 e. The number of hydrogen-bond acceptors (Lipinski definition) is 3. The quantitative estimate of drug-likeness (QED) is 0.819. The van der Waals surface area contributed by atoms with Crippen LogP contribution in [-0.4, -0.2) is 23.7 Å². The van der Waals surface area contributed by atoms with Gasteiger partial charge in [-0.15, -0.1) is 0 Å². The average molecular weight is 259 g/mol. The van der Waals surface area contributed by atoms with Crippen LogP contribution < -0.4 is 10.1 Å². The molecule has 1 aromatic rings. The van der Waals surface area contributed by atoms with E-state index in [-0.39, 0.29) is 11.8 Å². The first-order valence-electron chi connectivity index (χ1n) is 6.64. The summed E-state index contributed by atoms with van der Waals surface area (Å²) in [4.78, 5) is 11.4. The molecule has 2 aliphatic rings. The van der Waals surface area contributed by atoms with Crippen molar-refractivity contribution < 1.29 is 14.6 Å². The van der Waals surface area contributed by atoms with Crippen molar-refractivity contribution in [1.82, 2.24) is 0 Å². The van der Waals surface area contributed by atoms with Gasteiger partial charge in [-0.2, -0.15) is 0 Å². The Kier molecular flexibility index (Phi) is 2.93. The van der Waals surface area contributed by atoms with Crippen LogP contribution in [-0.2, 0) is 4.79 Å². The number of hydrogen-bond donors (Lipinski definition) is 2. The third-order valence-electron chi connectivity index (χ3n) is 3.92. The van der Waals surface area contributed by atoms with E-state index in [9.17, 15) is 9.90 Å². The SMILES string of the molecule is CCOc1cccc2c1NC(C(=O)O)C1CC=CC21. The number of fused-ring (bicyclic) bond motifs is 3. The average Bonchev–Trinajstić information content (AvgIpc) is 2.87. The Morgan fingerprint density at radius 2 is 2.37 bits per heavy atom. The maximum atomic E-state index is 11.4. The summed E-state index contributed by atoms with van der Waals surface area (Å²) in [6.45, 7) is 2.50. The second-order valence-electron chi connectivity index (χ2n) is 4.97. The van der Waals surface area contributed by atoms with Gasteiger partial charge in [0.05, 0.1) is 12.3 Å². The number of rotatable bonds is 3. The van der Waals surface area contributed by atoms with Gasteiger partial charge < -0.3 is 15.2 Å². The van der Waals surface area contributed by atoms with Crippen molar-refractivity contribution in [3.8, 4) is 5.75 Å². The van der Waals surface area contributed by atoms with Crippen LogP contribution in [0.1, 0.15) is 24.8 Å². The molecule has 0 bridgehead atoms. The van der Waals surface area contributed by atoms with Gasteiger partial charge in [-0.1, -0.05) is 24.3 Å². The van der Waals surface area contributed by atoms with Crippen molar-refractivity contribution in [3.63, 3.8) is 0 Å². The Hall–Kier alpha value is -1.97. The number of aliphatic carboxylic acids is 1. The highest BCUT2D eigenvalue weighted by Gasteiger charge is 2.41. The van der Waals surface area contributed by atoms with Gasteiger partial charge in [0.25, 0.3) is 0 Å². The van der Waals surface area contributed by atoms with Crippen molar-refractivity contribution in [1.29, 1.82) is 0 Å². The van der Waals surface area contributed by atoms with E-state index in [0.717, 1.165) is 23.4 Å². The van der Waals surface area contributed by atoms with Gasteiger partial charge in [-0.25, -0.2) is 4.79 Å². The fourth-order valence-corrected chi connectivity index (χ4v) is 3.11. The van der Waals surface area contributed by atoms with Crippen LogP contribution >= 0.6 is 0 Å². The van der Waals surface area contributed by atoms with Crippen LogP contribution in [0.5, 0.6) is 5.75 Å². The van der Waals surface area contributed by atoms with E-state index in [4.69, 9.17) is 4.74 Å². The molecular formula is C15H17NO3. The molecule has 19 heavy (non-hydrogen) atoms. The predicted octanol–water partition coefficient (Wildman–Crippen LogP) is 2.62. The Labute approximate surface area is 112 Å². The Morgan fingerprint density at radius 1 is 1.53 bits per heavy atom. The van der Waals surface area contributed by atoms with Crippen molar-refractivity contribution in [3.05, 3.63) is 35.9 Å². The zero-order valence-electron chi connectivity index (χ0n) is 10.8. The lowest BCUT2D eigenvalue weighted by atomic mass is 9.79. The number of anilines is 1. The van der Waals surface area contributed by atoms with E-state index in [2.05, 4.69) is 23.5 Å². The molecule has 3 unspecified atom stereocenters. The molecule has 1 aliphatic heterocycles. The Balaban J connectivity index is 2.07. The summed E-state index contributed by atoms with van der Waals surface area (Å²) in [6.07, 6.45) is 5.01. The van der Waals surface area contributed by atoms with Crippen molar-refractivity contribution in [2.24, 2.45) is 5.92 Å². The Morgan fingerprint density at radius 3 is 3.11 bits per heavy atom. The summed E-state index contributed by atoms with van der Waals surface area (Å²) in [5.41, 5.74) is 1.98. The molecule has 0 aromatic heterocycles. The molecule has 0 saturated heterocycles. The van der Waals surface area contributed by atoms with Crippen molar-refractivity contribution in [2.75, 3.05) is 11.9 Å². The van der Waals surface area contributed by atoms with Gasteiger partial charge in [-0.3, -0.25) is 0 Å². The molecule has 0 spiro atoms. The van der Waals surface area contributed by atoms with Gasteiger partial charge >= 0.3 is 5.97 Å². The minimum absolute atomic E-state index is 0.0990. The number of allylic oxidation sites excluding steroid dienone is 2. The predicted molar refractivity (Wildman–Crippen MR) is 72.6 cm³/mol. The third-order valence-corrected chi connectivity index (χ3v) is 3.92. The summed E-state index contributed by atoms with van der Waals surface area (Å²) in [5, 5.41) is 12.6. The molecule has 0 amide bonds. The number of ether oxygens (including phenoxy) is 1. The van der Waals surface area contributed by atoms with Gasteiger partial charge in [0.2, 0.25) is 0 Å². The van der Waals surface area contributed by atoms with E-state index in [1.165, 1.54) is 0 Å². The molecule has 0 saturated carbocycles.